The highest BCUT2D eigenvalue weighted by Crippen LogP contribution is 2.25. The molecule has 0 radical (unpaired) electrons. The fourth-order valence-corrected chi connectivity index (χ4v) is 3.19. The van der Waals surface area contributed by atoms with E-state index in [1.54, 1.807) is 6.07 Å². The molecule has 0 bridgehead atoms. The zero-order chi connectivity index (χ0) is 18.4. The smallest absolute Gasteiger partial charge is 0.224 e. The van der Waals surface area contributed by atoms with Crippen molar-refractivity contribution >= 4 is 40.1 Å². The second-order valence-electron chi connectivity index (χ2n) is 5.99. The number of carbonyl (C=O) groups is 2. The topological polar surface area (TPSA) is 58.2 Å². The van der Waals surface area contributed by atoms with Crippen LogP contribution in [-0.4, -0.2) is 11.7 Å². The largest absolute Gasteiger partial charge is 0.354 e. The number of ketones is 1. The van der Waals surface area contributed by atoms with Crippen LogP contribution in [0.15, 0.2) is 66.0 Å². The number of rotatable bonds is 7. The van der Waals surface area contributed by atoms with E-state index < -0.39 is 0 Å². The van der Waals surface area contributed by atoms with Gasteiger partial charge in [-0.25, -0.2) is 0 Å². The Labute approximate surface area is 156 Å². The Kier molecular flexibility index (Phi) is 5.81. The molecular weight excluding hydrogens is 344 g/mol. The summed E-state index contributed by atoms with van der Waals surface area (Å²) in [6.07, 6.45) is 0.371. The summed E-state index contributed by atoms with van der Waals surface area (Å²) in [7, 11) is 0. The van der Waals surface area contributed by atoms with E-state index in [1.807, 2.05) is 66.9 Å². The van der Waals surface area contributed by atoms with Crippen LogP contribution in [-0.2, 0) is 4.79 Å². The molecule has 0 fully saturated rings. The van der Waals surface area contributed by atoms with Crippen LogP contribution in [0.25, 0.3) is 0 Å². The molecule has 4 nitrogen and oxygen atoms in total. The van der Waals surface area contributed by atoms with Gasteiger partial charge in [0.2, 0.25) is 5.91 Å². The molecule has 1 heterocycles. The van der Waals surface area contributed by atoms with Crippen molar-refractivity contribution in [2.75, 3.05) is 10.6 Å². The summed E-state index contributed by atoms with van der Waals surface area (Å²) in [4.78, 5) is 25.0. The molecule has 0 spiro atoms. The second kappa shape index (κ2) is 8.45. The van der Waals surface area contributed by atoms with Crippen molar-refractivity contribution in [3.8, 4) is 0 Å². The van der Waals surface area contributed by atoms with E-state index in [0.29, 0.717) is 10.6 Å². The first-order valence-electron chi connectivity index (χ1n) is 8.41. The maximum atomic E-state index is 12.2. The van der Waals surface area contributed by atoms with Gasteiger partial charge in [-0.1, -0.05) is 35.9 Å². The van der Waals surface area contributed by atoms with Gasteiger partial charge in [0.05, 0.1) is 16.3 Å². The van der Waals surface area contributed by atoms with Crippen LogP contribution in [0.5, 0.6) is 0 Å². The Morgan fingerprint density at radius 3 is 2.31 bits per heavy atom. The number of amides is 1. The third-order valence-electron chi connectivity index (χ3n) is 3.91. The van der Waals surface area contributed by atoms with E-state index in [1.165, 1.54) is 16.9 Å². The molecule has 0 aliphatic heterocycles. The lowest BCUT2D eigenvalue weighted by atomic mass is 10.1. The number of nitrogens with one attached hydrogen (secondary N) is 2. The summed E-state index contributed by atoms with van der Waals surface area (Å²) in [5, 5.41) is 8.07. The van der Waals surface area contributed by atoms with Gasteiger partial charge in [0, 0.05) is 18.5 Å². The lowest BCUT2D eigenvalue weighted by molar-refractivity contribution is -0.116. The van der Waals surface area contributed by atoms with E-state index in [-0.39, 0.29) is 24.5 Å². The predicted molar refractivity (Wildman–Crippen MR) is 107 cm³/mol. The summed E-state index contributed by atoms with van der Waals surface area (Å²) in [6.45, 7) is 2.04. The van der Waals surface area contributed by atoms with Crippen molar-refractivity contribution in [1.29, 1.82) is 0 Å². The molecular formula is C21H20N2O2S. The molecule has 0 saturated heterocycles. The molecule has 2 N–H and O–H groups in total. The Morgan fingerprint density at radius 2 is 1.62 bits per heavy atom. The fourth-order valence-electron chi connectivity index (χ4n) is 2.49. The standard InChI is InChI=1S/C21H20N2O2S/c1-15-8-10-16(11-9-15)22-17-5-2-3-6-18(17)23-21(25)13-12-19(24)20-7-4-14-26-20/h2-11,14,22H,12-13H2,1H3,(H,23,25). The van der Waals surface area contributed by atoms with Gasteiger partial charge in [-0.2, -0.15) is 0 Å². The highest BCUT2D eigenvalue weighted by atomic mass is 32.1. The molecule has 2 aromatic carbocycles. The Balaban J connectivity index is 1.61. The van der Waals surface area contributed by atoms with Crippen LogP contribution in [0.4, 0.5) is 17.1 Å². The Morgan fingerprint density at radius 1 is 0.885 bits per heavy atom. The summed E-state index contributed by atoms with van der Waals surface area (Å²) in [6, 6.07) is 19.2. The number of carbonyl (C=O) groups excluding carboxylic acids is 2. The summed E-state index contributed by atoms with van der Waals surface area (Å²) in [5.74, 6) is -0.172. The van der Waals surface area contributed by atoms with Crippen molar-refractivity contribution in [2.24, 2.45) is 0 Å². The molecule has 1 amide bonds. The lowest BCUT2D eigenvalue weighted by Crippen LogP contribution is -2.14. The third kappa shape index (κ3) is 4.80. The van der Waals surface area contributed by atoms with Crippen molar-refractivity contribution in [1.82, 2.24) is 0 Å². The van der Waals surface area contributed by atoms with Crippen LogP contribution in [0.2, 0.25) is 0 Å². The van der Waals surface area contributed by atoms with E-state index in [2.05, 4.69) is 10.6 Å². The monoisotopic (exact) mass is 364 g/mol. The highest BCUT2D eigenvalue weighted by Gasteiger charge is 2.11. The number of anilines is 3. The second-order valence-corrected chi connectivity index (χ2v) is 6.93. The first-order valence-corrected chi connectivity index (χ1v) is 9.29. The van der Waals surface area contributed by atoms with Crippen LogP contribution in [0.1, 0.15) is 28.1 Å². The maximum Gasteiger partial charge on any atom is 0.224 e. The average molecular weight is 364 g/mol. The molecule has 0 aliphatic carbocycles. The van der Waals surface area contributed by atoms with Gasteiger partial charge in [-0.3, -0.25) is 9.59 Å². The minimum atomic E-state index is -0.173. The van der Waals surface area contributed by atoms with Crippen LogP contribution < -0.4 is 10.6 Å². The van der Waals surface area contributed by atoms with Gasteiger partial charge < -0.3 is 10.6 Å². The normalized spacial score (nSPS) is 10.3. The molecule has 0 saturated carbocycles. The fraction of sp³-hybridized carbons (Fsp3) is 0.143. The van der Waals surface area contributed by atoms with Gasteiger partial charge >= 0.3 is 0 Å². The first kappa shape index (κ1) is 17.9. The van der Waals surface area contributed by atoms with Crippen molar-refractivity contribution in [3.63, 3.8) is 0 Å². The molecule has 5 heteroatoms. The SMILES string of the molecule is Cc1ccc(Nc2ccccc2NC(=O)CCC(=O)c2cccs2)cc1. The maximum absolute atomic E-state index is 12.2. The summed E-state index contributed by atoms with van der Waals surface area (Å²) in [5.41, 5.74) is 3.65. The number of thiophene rings is 1. The van der Waals surface area contributed by atoms with Crippen LogP contribution in [0.3, 0.4) is 0 Å². The zero-order valence-corrected chi connectivity index (χ0v) is 15.3. The highest BCUT2D eigenvalue weighted by molar-refractivity contribution is 7.12. The number of Topliss-reactive ketones (excluding diaryl/α,β-unsaturated/α-hetero) is 1. The molecule has 0 unspecified atom stereocenters. The Bertz CT molecular complexity index is 887. The number of aryl methyl sites for hydroxylation is 1. The summed E-state index contributed by atoms with van der Waals surface area (Å²) < 4.78 is 0. The van der Waals surface area contributed by atoms with E-state index in [9.17, 15) is 9.59 Å². The van der Waals surface area contributed by atoms with Gasteiger partial charge in [-0.15, -0.1) is 11.3 Å². The van der Waals surface area contributed by atoms with E-state index in [0.717, 1.165) is 11.4 Å². The molecule has 0 aliphatic rings. The molecule has 1 aromatic heterocycles. The minimum Gasteiger partial charge on any atom is -0.354 e. The number of benzene rings is 2. The number of hydrogen-bond acceptors (Lipinski definition) is 4. The van der Waals surface area contributed by atoms with Crippen molar-refractivity contribution in [3.05, 3.63) is 76.5 Å². The van der Waals surface area contributed by atoms with Crippen molar-refractivity contribution < 1.29 is 9.59 Å². The first-order chi connectivity index (χ1) is 12.6. The molecule has 26 heavy (non-hydrogen) atoms. The van der Waals surface area contributed by atoms with Gasteiger partial charge in [0.1, 0.15) is 0 Å². The molecule has 132 valence electrons. The van der Waals surface area contributed by atoms with E-state index in [4.69, 9.17) is 0 Å². The van der Waals surface area contributed by atoms with Crippen LogP contribution >= 0.6 is 11.3 Å². The lowest BCUT2D eigenvalue weighted by Gasteiger charge is -2.13. The van der Waals surface area contributed by atoms with Crippen LogP contribution in [0, 0.1) is 6.92 Å². The Hall–Kier alpha value is -2.92. The van der Waals surface area contributed by atoms with E-state index >= 15 is 0 Å². The minimum absolute atomic E-state index is 0.00113. The molecule has 0 atom stereocenters. The number of para-hydroxylation sites is 2. The molecule has 3 rings (SSSR count). The quantitative estimate of drug-likeness (QED) is 0.552. The number of hydrogen-bond donors (Lipinski definition) is 2. The third-order valence-corrected chi connectivity index (χ3v) is 4.82. The zero-order valence-electron chi connectivity index (χ0n) is 14.5. The molecule has 3 aromatic rings. The summed E-state index contributed by atoms with van der Waals surface area (Å²) >= 11 is 1.40. The average Bonchev–Trinajstić information content (AvgIpc) is 3.18. The van der Waals surface area contributed by atoms with Gasteiger partial charge in [-0.05, 0) is 42.6 Å². The predicted octanol–water partition coefficient (Wildman–Crippen LogP) is 5.40. The van der Waals surface area contributed by atoms with Gasteiger partial charge in [0.15, 0.2) is 5.78 Å². The van der Waals surface area contributed by atoms with Crippen molar-refractivity contribution in [2.45, 2.75) is 19.8 Å². The van der Waals surface area contributed by atoms with Gasteiger partial charge in [0.25, 0.3) is 0 Å².